The topological polar surface area (TPSA) is 41.6 Å². The summed E-state index contributed by atoms with van der Waals surface area (Å²) in [5.41, 5.74) is 5.58. The largest absolute Gasteiger partial charge is 0.336 e. The lowest BCUT2D eigenvalue weighted by Gasteiger charge is -2.03. The summed E-state index contributed by atoms with van der Waals surface area (Å²) in [5.74, 6) is 0.839. The van der Waals surface area contributed by atoms with E-state index < -0.39 is 0 Å². The van der Waals surface area contributed by atoms with E-state index in [0.717, 1.165) is 34.0 Å². The summed E-state index contributed by atoms with van der Waals surface area (Å²) in [6, 6.07) is 16.5. The summed E-state index contributed by atoms with van der Waals surface area (Å²) < 4.78 is 0. The second kappa shape index (κ2) is 5.39. The van der Waals surface area contributed by atoms with Gasteiger partial charge in [0.1, 0.15) is 0 Å². The normalized spacial score (nSPS) is 11.1. The first-order valence-corrected chi connectivity index (χ1v) is 8.22. The van der Waals surface area contributed by atoms with Gasteiger partial charge < -0.3 is 4.98 Å². The van der Waals surface area contributed by atoms with Gasteiger partial charge in [-0.15, -0.1) is 11.3 Å². The lowest BCUT2D eigenvalue weighted by Crippen LogP contribution is -1.87. The molecule has 4 heteroatoms. The molecular formula is C18H15N3S. The number of benzene rings is 2. The number of imidazole rings is 1. The number of nitrogens with one attached hydrogen (secondary N) is 1. The van der Waals surface area contributed by atoms with Gasteiger partial charge in [-0.05, 0) is 24.1 Å². The number of rotatable bonds is 3. The van der Waals surface area contributed by atoms with Crippen molar-refractivity contribution in [2.75, 3.05) is 0 Å². The van der Waals surface area contributed by atoms with Gasteiger partial charge >= 0.3 is 0 Å². The molecule has 1 N–H and O–H groups in total. The van der Waals surface area contributed by atoms with Crippen molar-refractivity contribution in [1.82, 2.24) is 15.0 Å². The molecule has 0 saturated heterocycles. The lowest BCUT2D eigenvalue weighted by molar-refractivity contribution is 1.14. The van der Waals surface area contributed by atoms with Gasteiger partial charge in [-0.25, -0.2) is 9.97 Å². The Morgan fingerprint density at radius 2 is 1.82 bits per heavy atom. The lowest BCUT2D eigenvalue weighted by atomic mass is 10.0. The number of para-hydroxylation sites is 2. The molecule has 22 heavy (non-hydrogen) atoms. The molecule has 2 aromatic carbocycles. The maximum absolute atomic E-state index is 4.78. The summed E-state index contributed by atoms with van der Waals surface area (Å²) >= 11 is 1.63. The monoisotopic (exact) mass is 305 g/mol. The first-order valence-electron chi connectivity index (χ1n) is 7.34. The molecule has 2 heterocycles. The van der Waals surface area contributed by atoms with Crippen LogP contribution in [0.5, 0.6) is 0 Å². The van der Waals surface area contributed by atoms with Gasteiger partial charge in [0.15, 0.2) is 10.8 Å². The number of hydrogen-bond donors (Lipinski definition) is 1. The van der Waals surface area contributed by atoms with E-state index in [9.17, 15) is 0 Å². The van der Waals surface area contributed by atoms with Crippen LogP contribution >= 0.6 is 11.3 Å². The molecule has 0 atom stereocenters. The Balaban J connectivity index is 1.77. The Morgan fingerprint density at radius 3 is 2.68 bits per heavy atom. The first kappa shape index (κ1) is 13.2. The fourth-order valence-electron chi connectivity index (χ4n) is 2.64. The zero-order valence-corrected chi connectivity index (χ0v) is 13.0. The Kier molecular flexibility index (Phi) is 3.24. The highest BCUT2D eigenvalue weighted by molar-refractivity contribution is 7.13. The van der Waals surface area contributed by atoms with Crippen molar-refractivity contribution >= 4 is 22.4 Å². The number of aromatic nitrogens is 3. The van der Waals surface area contributed by atoms with Crippen LogP contribution in [0.1, 0.15) is 12.5 Å². The van der Waals surface area contributed by atoms with Crippen LogP contribution in [0.15, 0.2) is 53.9 Å². The molecule has 0 fully saturated rings. The van der Waals surface area contributed by atoms with E-state index in [1.54, 1.807) is 11.3 Å². The SMILES string of the molecule is CCc1ccccc1-c1csc(-c2nc3ccccc3[nH]2)n1. The molecule has 0 aliphatic rings. The van der Waals surface area contributed by atoms with Crippen molar-refractivity contribution in [2.24, 2.45) is 0 Å². The number of fused-ring (bicyclic) bond motifs is 1. The number of thiazole rings is 1. The van der Waals surface area contributed by atoms with Crippen LogP contribution < -0.4 is 0 Å². The van der Waals surface area contributed by atoms with Crippen molar-refractivity contribution in [3.63, 3.8) is 0 Å². The zero-order valence-electron chi connectivity index (χ0n) is 12.2. The maximum atomic E-state index is 4.78. The minimum Gasteiger partial charge on any atom is -0.336 e. The van der Waals surface area contributed by atoms with Crippen molar-refractivity contribution in [2.45, 2.75) is 13.3 Å². The van der Waals surface area contributed by atoms with Crippen LogP contribution in [0.3, 0.4) is 0 Å². The fraction of sp³-hybridized carbons (Fsp3) is 0.111. The summed E-state index contributed by atoms with van der Waals surface area (Å²) in [7, 11) is 0. The van der Waals surface area contributed by atoms with E-state index in [-0.39, 0.29) is 0 Å². The number of hydrogen-bond acceptors (Lipinski definition) is 3. The molecule has 4 rings (SSSR count). The van der Waals surface area contributed by atoms with E-state index in [1.165, 1.54) is 11.1 Å². The molecule has 108 valence electrons. The molecule has 0 aliphatic heterocycles. The third-order valence-corrected chi connectivity index (χ3v) is 4.62. The highest BCUT2D eigenvalue weighted by Gasteiger charge is 2.12. The van der Waals surface area contributed by atoms with E-state index in [2.05, 4.69) is 46.5 Å². The third-order valence-electron chi connectivity index (χ3n) is 3.77. The van der Waals surface area contributed by atoms with Gasteiger partial charge in [-0.2, -0.15) is 0 Å². The van der Waals surface area contributed by atoms with Gasteiger partial charge in [-0.3, -0.25) is 0 Å². The van der Waals surface area contributed by atoms with Crippen LogP contribution in [-0.4, -0.2) is 15.0 Å². The summed E-state index contributed by atoms with van der Waals surface area (Å²) in [4.78, 5) is 12.7. The van der Waals surface area contributed by atoms with Crippen LogP contribution in [-0.2, 0) is 6.42 Å². The van der Waals surface area contributed by atoms with Gasteiger partial charge in [0.25, 0.3) is 0 Å². The Bertz CT molecular complexity index is 903. The molecule has 0 saturated carbocycles. The Labute approximate surface area is 132 Å². The molecule has 0 spiro atoms. The fourth-order valence-corrected chi connectivity index (χ4v) is 3.40. The molecule has 0 amide bonds. The smallest absolute Gasteiger partial charge is 0.167 e. The summed E-state index contributed by atoms with van der Waals surface area (Å²) in [6.45, 7) is 2.17. The zero-order chi connectivity index (χ0) is 14.9. The molecule has 0 aliphatic carbocycles. The van der Waals surface area contributed by atoms with Gasteiger partial charge in [0.05, 0.1) is 16.7 Å². The minimum absolute atomic E-state index is 0.839. The molecule has 4 aromatic rings. The van der Waals surface area contributed by atoms with Crippen LogP contribution in [0.25, 0.3) is 33.1 Å². The molecule has 3 nitrogen and oxygen atoms in total. The maximum Gasteiger partial charge on any atom is 0.167 e. The second-order valence-electron chi connectivity index (χ2n) is 5.15. The first-order chi connectivity index (χ1) is 10.8. The highest BCUT2D eigenvalue weighted by atomic mass is 32.1. The highest BCUT2D eigenvalue weighted by Crippen LogP contribution is 2.30. The Morgan fingerprint density at radius 1 is 1.00 bits per heavy atom. The minimum atomic E-state index is 0.839. The molecule has 0 radical (unpaired) electrons. The average molecular weight is 305 g/mol. The molecular weight excluding hydrogens is 290 g/mol. The predicted octanol–water partition coefficient (Wildman–Crippen LogP) is 4.92. The average Bonchev–Trinajstić information content (AvgIpc) is 3.21. The predicted molar refractivity (Wildman–Crippen MR) is 92.0 cm³/mol. The number of H-pyrrole nitrogens is 1. The molecule has 2 aromatic heterocycles. The molecule has 0 bridgehead atoms. The number of nitrogens with zero attached hydrogens (tertiary/aromatic N) is 2. The van der Waals surface area contributed by atoms with Crippen LogP contribution in [0.2, 0.25) is 0 Å². The van der Waals surface area contributed by atoms with Gasteiger partial charge in [0.2, 0.25) is 0 Å². The van der Waals surface area contributed by atoms with E-state index in [1.807, 2.05) is 24.3 Å². The van der Waals surface area contributed by atoms with E-state index in [4.69, 9.17) is 4.98 Å². The van der Waals surface area contributed by atoms with Crippen LogP contribution in [0.4, 0.5) is 0 Å². The quantitative estimate of drug-likeness (QED) is 0.584. The van der Waals surface area contributed by atoms with Crippen molar-refractivity contribution in [1.29, 1.82) is 0 Å². The number of aromatic amines is 1. The van der Waals surface area contributed by atoms with E-state index >= 15 is 0 Å². The second-order valence-corrected chi connectivity index (χ2v) is 6.01. The van der Waals surface area contributed by atoms with Crippen molar-refractivity contribution in [3.8, 4) is 22.1 Å². The summed E-state index contributed by atoms with van der Waals surface area (Å²) in [6.07, 6.45) is 1.01. The van der Waals surface area contributed by atoms with Crippen molar-refractivity contribution < 1.29 is 0 Å². The number of aryl methyl sites for hydroxylation is 1. The van der Waals surface area contributed by atoms with Crippen LogP contribution in [0, 0.1) is 0 Å². The summed E-state index contributed by atoms with van der Waals surface area (Å²) in [5, 5.41) is 3.04. The third kappa shape index (κ3) is 2.22. The van der Waals surface area contributed by atoms with Gasteiger partial charge in [0, 0.05) is 10.9 Å². The van der Waals surface area contributed by atoms with Crippen molar-refractivity contribution in [3.05, 3.63) is 59.5 Å². The molecule has 0 unspecified atom stereocenters. The van der Waals surface area contributed by atoms with E-state index in [0.29, 0.717) is 0 Å². The van der Waals surface area contributed by atoms with Gasteiger partial charge in [-0.1, -0.05) is 43.3 Å². The standard InChI is InChI=1S/C18H15N3S/c1-2-12-7-3-4-8-13(12)16-11-22-18(21-16)17-19-14-9-5-6-10-15(14)20-17/h3-11H,2H2,1H3,(H,19,20). The Hall–Kier alpha value is -2.46.